The first-order valence-electron chi connectivity index (χ1n) is 4.64. The van der Waals surface area contributed by atoms with Crippen molar-refractivity contribution >= 4 is 5.84 Å². The molecule has 1 saturated heterocycles. The zero-order valence-electron chi connectivity index (χ0n) is 6.96. The highest BCUT2D eigenvalue weighted by Crippen LogP contribution is 2.38. The molecule has 1 aliphatic carbocycles. The number of hydrogen-bond donors (Lipinski definition) is 1. The van der Waals surface area contributed by atoms with Gasteiger partial charge in [-0.1, -0.05) is 12.2 Å². The van der Waals surface area contributed by atoms with Gasteiger partial charge in [-0.2, -0.15) is 0 Å². The van der Waals surface area contributed by atoms with Gasteiger partial charge in [0.05, 0.1) is 0 Å². The molecule has 2 atom stereocenters. The smallest absolute Gasteiger partial charge is 0.106 e. The van der Waals surface area contributed by atoms with Crippen LogP contribution in [0, 0.1) is 11.8 Å². The Morgan fingerprint density at radius 2 is 2.42 bits per heavy atom. The van der Waals surface area contributed by atoms with Crippen LogP contribution in [0.4, 0.5) is 0 Å². The molecule has 0 saturated carbocycles. The van der Waals surface area contributed by atoms with Crippen molar-refractivity contribution in [2.24, 2.45) is 16.8 Å². The minimum atomic E-state index is 0.694. The van der Waals surface area contributed by atoms with Crippen LogP contribution in [0.25, 0.3) is 0 Å². The Kier molecular flexibility index (Phi) is 1.20. The molecule has 3 rings (SSSR count). The Bertz CT molecular complexity index is 299. The molecule has 0 aromatic rings. The third-order valence-corrected chi connectivity index (χ3v) is 3.02. The van der Waals surface area contributed by atoms with E-state index in [1.807, 2.05) is 0 Å². The van der Waals surface area contributed by atoms with Gasteiger partial charge < -0.3 is 5.32 Å². The number of hydrogen-bond acceptors (Lipinski definition) is 2. The average molecular weight is 160 g/mol. The summed E-state index contributed by atoms with van der Waals surface area (Å²) in [5.74, 6) is 2.65. The summed E-state index contributed by atoms with van der Waals surface area (Å²) in [5, 5.41) is 3.36. The standard InChI is InChI=1S/C10H12N2/c1-2-4-9-7(3-1)8-5-6-11-10(8)12-9/h1-2,4,7-8H,3,5-6H2,(H,11,12). The van der Waals surface area contributed by atoms with Crippen LogP contribution in [0.1, 0.15) is 12.8 Å². The van der Waals surface area contributed by atoms with Crippen molar-refractivity contribution in [2.45, 2.75) is 12.8 Å². The Morgan fingerprint density at radius 1 is 1.42 bits per heavy atom. The second-order valence-corrected chi connectivity index (χ2v) is 3.68. The predicted octanol–water partition coefficient (Wildman–Crippen LogP) is 1.47. The lowest BCUT2D eigenvalue weighted by Crippen LogP contribution is -2.19. The van der Waals surface area contributed by atoms with Crippen molar-refractivity contribution in [3.05, 3.63) is 23.9 Å². The first kappa shape index (κ1) is 6.46. The molecule has 1 fully saturated rings. The normalized spacial score (nSPS) is 36.7. The van der Waals surface area contributed by atoms with E-state index in [1.54, 1.807) is 0 Å². The van der Waals surface area contributed by atoms with Crippen molar-refractivity contribution in [2.75, 3.05) is 6.54 Å². The number of amidine groups is 1. The second kappa shape index (κ2) is 2.22. The lowest BCUT2D eigenvalue weighted by atomic mass is 9.86. The number of allylic oxidation sites excluding steroid dienone is 4. The molecule has 0 radical (unpaired) electrons. The van der Waals surface area contributed by atoms with Crippen LogP contribution in [0.2, 0.25) is 0 Å². The SMILES string of the molecule is C1=CCC2C(=C1)N=C1NCCC12. The van der Waals surface area contributed by atoms with E-state index < -0.39 is 0 Å². The molecule has 2 unspecified atom stereocenters. The summed E-state index contributed by atoms with van der Waals surface area (Å²) in [6, 6.07) is 0. The highest BCUT2D eigenvalue weighted by molar-refractivity contribution is 5.90. The second-order valence-electron chi connectivity index (χ2n) is 3.68. The van der Waals surface area contributed by atoms with Crippen LogP contribution >= 0.6 is 0 Å². The summed E-state index contributed by atoms with van der Waals surface area (Å²) in [7, 11) is 0. The summed E-state index contributed by atoms with van der Waals surface area (Å²) in [6.45, 7) is 1.12. The maximum atomic E-state index is 4.59. The van der Waals surface area contributed by atoms with Crippen molar-refractivity contribution < 1.29 is 0 Å². The Balaban J connectivity index is 2.02. The van der Waals surface area contributed by atoms with Crippen LogP contribution in [-0.2, 0) is 0 Å². The van der Waals surface area contributed by atoms with Gasteiger partial charge in [-0.15, -0.1) is 0 Å². The Hall–Kier alpha value is -1.05. The maximum absolute atomic E-state index is 4.59. The third-order valence-electron chi connectivity index (χ3n) is 3.02. The number of rotatable bonds is 0. The van der Waals surface area contributed by atoms with Gasteiger partial charge in [-0.3, -0.25) is 0 Å². The van der Waals surface area contributed by atoms with Crippen LogP contribution in [0.15, 0.2) is 28.9 Å². The van der Waals surface area contributed by atoms with E-state index in [9.17, 15) is 0 Å². The lowest BCUT2D eigenvalue weighted by Gasteiger charge is -2.16. The molecule has 62 valence electrons. The van der Waals surface area contributed by atoms with E-state index in [2.05, 4.69) is 28.5 Å². The molecule has 2 nitrogen and oxygen atoms in total. The molecule has 2 heterocycles. The van der Waals surface area contributed by atoms with Gasteiger partial charge in [0.2, 0.25) is 0 Å². The quantitative estimate of drug-likeness (QED) is 0.570. The highest BCUT2D eigenvalue weighted by Gasteiger charge is 2.37. The van der Waals surface area contributed by atoms with Gasteiger partial charge in [0.1, 0.15) is 5.84 Å². The molecule has 2 aliphatic heterocycles. The molecular formula is C10H12N2. The molecular weight excluding hydrogens is 148 g/mol. The summed E-state index contributed by atoms with van der Waals surface area (Å²) < 4.78 is 0. The topological polar surface area (TPSA) is 24.4 Å². The minimum absolute atomic E-state index is 0.694. The number of fused-ring (bicyclic) bond motifs is 3. The molecule has 0 spiro atoms. The first-order chi connectivity index (χ1) is 5.95. The molecule has 2 heteroatoms. The summed E-state index contributed by atoms with van der Waals surface area (Å²) in [5.41, 5.74) is 1.30. The van der Waals surface area contributed by atoms with Gasteiger partial charge in [0.15, 0.2) is 0 Å². The molecule has 1 N–H and O–H groups in total. The molecule has 0 bridgehead atoms. The van der Waals surface area contributed by atoms with Crippen LogP contribution in [0.3, 0.4) is 0 Å². The molecule has 0 amide bonds. The van der Waals surface area contributed by atoms with Crippen molar-refractivity contribution in [3.63, 3.8) is 0 Å². The predicted molar refractivity (Wildman–Crippen MR) is 48.9 cm³/mol. The van der Waals surface area contributed by atoms with Crippen LogP contribution in [-0.4, -0.2) is 12.4 Å². The monoisotopic (exact) mass is 160 g/mol. The fourth-order valence-corrected chi connectivity index (χ4v) is 2.40. The van der Waals surface area contributed by atoms with E-state index in [-0.39, 0.29) is 0 Å². The number of aliphatic imine (C=N–C) groups is 1. The number of nitrogens with zero attached hydrogens (tertiary/aromatic N) is 1. The summed E-state index contributed by atoms with van der Waals surface area (Å²) in [6.07, 6.45) is 8.99. The first-order valence-corrected chi connectivity index (χ1v) is 4.64. The zero-order valence-corrected chi connectivity index (χ0v) is 6.96. The van der Waals surface area contributed by atoms with Gasteiger partial charge in [0.25, 0.3) is 0 Å². The summed E-state index contributed by atoms with van der Waals surface area (Å²) in [4.78, 5) is 4.59. The minimum Gasteiger partial charge on any atom is -0.373 e. The Labute approximate surface area is 72.1 Å². The highest BCUT2D eigenvalue weighted by atomic mass is 15.1. The lowest BCUT2D eigenvalue weighted by molar-refractivity contribution is 0.498. The molecule has 12 heavy (non-hydrogen) atoms. The van der Waals surface area contributed by atoms with E-state index >= 15 is 0 Å². The van der Waals surface area contributed by atoms with Gasteiger partial charge in [-0.25, -0.2) is 4.99 Å². The van der Waals surface area contributed by atoms with E-state index in [0.29, 0.717) is 11.8 Å². The molecule has 3 aliphatic rings. The van der Waals surface area contributed by atoms with Gasteiger partial charge in [-0.05, 0) is 18.9 Å². The fraction of sp³-hybridized carbons (Fsp3) is 0.500. The number of nitrogens with one attached hydrogen (secondary N) is 1. The molecule has 0 aromatic carbocycles. The fourth-order valence-electron chi connectivity index (χ4n) is 2.40. The largest absolute Gasteiger partial charge is 0.373 e. The van der Waals surface area contributed by atoms with Crippen LogP contribution in [0.5, 0.6) is 0 Å². The average Bonchev–Trinajstić information content (AvgIpc) is 2.62. The van der Waals surface area contributed by atoms with Crippen LogP contribution < -0.4 is 5.32 Å². The van der Waals surface area contributed by atoms with E-state index in [0.717, 1.165) is 6.54 Å². The zero-order chi connectivity index (χ0) is 7.97. The van der Waals surface area contributed by atoms with E-state index in [4.69, 9.17) is 0 Å². The summed E-state index contributed by atoms with van der Waals surface area (Å²) >= 11 is 0. The van der Waals surface area contributed by atoms with Crippen molar-refractivity contribution in [1.29, 1.82) is 0 Å². The van der Waals surface area contributed by atoms with Gasteiger partial charge in [0, 0.05) is 24.1 Å². The maximum Gasteiger partial charge on any atom is 0.106 e. The van der Waals surface area contributed by atoms with Crippen molar-refractivity contribution in [1.82, 2.24) is 5.32 Å². The molecule has 0 aromatic heterocycles. The Morgan fingerprint density at radius 3 is 3.42 bits per heavy atom. The third kappa shape index (κ3) is 0.724. The van der Waals surface area contributed by atoms with E-state index in [1.165, 1.54) is 24.4 Å². The van der Waals surface area contributed by atoms with Gasteiger partial charge >= 0.3 is 0 Å². The van der Waals surface area contributed by atoms with Crippen molar-refractivity contribution in [3.8, 4) is 0 Å².